The molecule has 49 heavy (non-hydrogen) atoms. The summed E-state index contributed by atoms with van der Waals surface area (Å²) < 4.78 is 6.35. The Morgan fingerprint density at radius 3 is 1.22 bits per heavy atom. The van der Waals surface area contributed by atoms with Crippen LogP contribution in [0.1, 0.15) is 0 Å². The number of fused-ring (bicyclic) bond motifs is 3. The first-order valence-electron chi connectivity index (χ1n) is 16.4. The highest BCUT2D eigenvalue weighted by molar-refractivity contribution is 6.09. The lowest BCUT2D eigenvalue weighted by molar-refractivity contribution is 0.669. The molecular weight excluding hydrogens is 599 g/mol. The van der Waals surface area contributed by atoms with Gasteiger partial charge in [0.15, 0.2) is 17.5 Å². The summed E-state index contributed by atoms with van der Waals surface area (Å²) in [5, 5.41) is 2.11. The van der Waals surface area contributed by atoms with Gasteiger partial charge in [-0.15, -0.1) is 0 Å². The molecule has 0 unspecified atom stereocenters. The Labute approximate surface area is 284 Å². The van der Waals surface area contributed by atoms with Crippen LogP contribution in [0.3, 0.4) is 0 Å². The fraction of sp³-hybridized carbons (Fsp3) is 0. The molecule has 2 aromatic heterocycles. The van der Waals surface area contributed by atoms with E-state index < -0.39 is 0 Å². The van der Waals surface area contributed by atoms with Crippen LogP contribution in [-0.2, 0) is 0 Å². The van der Waals surface area contributed by atoms with E-state index in [1.165, 1.54) is 22.3 Å². The van der Waals surface area contributed by atoms with Crippen molar-refractivity contribution in [3.8, 4) is 67.5 Å². The number of aromatic nitrogens is 3. The number of furan rings is 1. The zero-order valence-corrected chi connectivity index (χ0v) is 26.5. The van der Waals surface area contributed by atoms with Crippen molar-refractivity contribution in [2.45, 2.75) is 0 Å². The van der Waals surface area contributed by atoms with Crippen LogP contribution in [0.4, 0.5) is 0 Å². The van der Waals surface area contributed by atoms with Gasteiger partial charge in [0.05, 0.1) is 5.56 Å². The summed E-state index contributed by atoms with van der Waals surface area (Å²) in [4.78, 5) is 14.9. The van der Waals surface area contributed by atoms with Crippen LogP contribution >= 0.6 is 0 Å². The standard InChI is InChI=1S/C45H29N3O/c1-3-10-30(11-4-1)31-18-20-32(21-19-31)33-22-24-34(25-23-33)35-26-28-37(29-27-35)44-46-43(36-12-5-2-6-13-36)47-45(48-44)40-16-9-15-39-38-14-7-8-17-41(38)49-42(39)40/h1-29H. The lowest BCUT2D eigenvalue weighted by atomic mass is 9.98. The molecule has 9 aromatic rings. The minimum absolute atomic E-state index is 0.574. The van der Waals surface area contributed by atoms with Gasteiger partial charge in [-0.1, -0.05) is 164 Å². The molecule has 0 fully saturated rings. The highest BCUT2D eigenvalue weighted by atomic mass is 16.3. The van der Waals surface area contributed by atoms with E-state index in [1.807, 2.05) is 66.7 Å². The Morgan fingerprint density at radius 2 is 0.673 bits per heavy atom. The van der Waals surface area contributed by atoms with Gasteiger partial charge in [-0.3, -0.25) is 0 Å². The second-order valence-corrected chi connectivity index (χ2v) is 12.1. The number of para-hydroxylation sites is 2. The third-order valence-electron chi connectivity index (χ3n) is 9.00. The molecule has 0 aliphatic carbocycles. The Hall–Kier alpha value is -6.65. The molecule has 0 saturated heterocycles. The van der Waals surface area contributed by atoms with E-state index in [0.29, 0.717) is 17.5 Å². The summed E-state index contributed by atoms with van der Waals surface area (Å²) in [6.07, 6.45) is 0. The molecule has 0 bridgehead atoms. The Bertz CT molecular complexity index is 2560. The maximum absolute atomic E-state index is 6.35. The summed E-state index contributed by atoms with van der Waals surface area (Å²) in [5.74, 6) is 1.80. The molecule has 4 nitrogen and oxygen atoms in total. The van der Waals surface area contributed by atoms with Crippen LogP contribution in [-0.4, -0.2) is 15.0 Å². The molecule has 0 aliphatic rings. The first-order valence-corrected chi connectivity index (χ1v) is 16.4. The van der Waals surface area contributed by atoms with Crippen molar-refractivity contribution in [2.75, 3.05) is 0 Å². The molecule has 0 saturated carbocycles. The molecule has 0 spiro atoms. The number of hydrogen-bond acceptors (Lipinski definition) is 4. The van der Waals surface area contributed by atoms with Gasteiger partial charge >= 0.3 is 0 Å². The van der Waals surface area contributed by atoms with E-state index >= 15 is 0 Å². The van der Waals surface area contributed by atoms with Crippen molar-refractivity contribution in [1.82, 2.24) is 15.0 Å². The van der Waals surface area contributed by atoms with Gasteiger partial charge in [0.25, 0.3) is 0 Å². The van der Waals surface area contributed by atoms with Gasteiger partial charge in [0, 0.05) is 21.9 Å². The largest absolute Gasteiger partial charge is 0.455 e. The zero-order chi connectivity index (χ0) is 32.6. The van der Waals surface area contributed by atoms with Crippen LogP contribution in [0.5, 0.6) is 0 Å². The summed E-state index contributed by atoms with van der Waals surface area (Å²) in [6, 6.07) is 60.6. The van der Waals surface area contributed by atoms with Gasteiger partial charge in [0.1, 0.15) is 11.2 Å². The van der Waals surface area contributed by atoms with E-state index in [9.17, 15) is 0 Å². The molecule has 0 aliphatic heterocycles. The second kappa shape index (κ2) is 12.2. The van der Waals surface area contributed by atoms with Crippen molar-refractivity contribution in [3.63, 3.8) is 0 Å². The van der Waals surface area contributed by atoms with Gasteiger partial charge < -0.3 is 4.42 Å². The quantitative estimate of drug-likeness (QED) is 0.184. The van der Waals surface area contributed by atoms with Crippen molar-refractivity contribution < 1.29 is 4.42 Å². The fourth-order valence-corrected chi connectivity index (χ4v) is 6.42. The van der Waals surface area contributed by atoms with Gasteiger partial charge in [-0.05, 0) is 45.5 Å². The molecular formula is C45H29N3O. The van der Waals surface area contributed by atoms with Crippen molar-refractivity contribution in [2.24, 2.45) is 0 Å². The minimum Gasteiger partial charge on any atom is -0.455 e. The second-order valence-electron chi connectivity index (χ2n) is 12.1. The first-order chi connectivity index (χ1) is 24.3. The highest BCUT2D eigenvalue weighted by Gasteiger charge is 2.17. The van der Waals surface area contributed by atoms with Crippen LogP contribution in [0.2, 0.25) is 0 Å². The van der Waals surface area contributed by atoms with Gasteiger partial charge in [-0.25, -0.2) is 15.0 Å². The zero-order valence-electron chi connectivity index (χ0n) is 26.5. The van der Waals surface area contributed by atoms with E-state index in [0.717, 1.165) is 49.8 Å². The smallest absolute Gasteiger partial charge is 0.167 e. The molecule has 0 radical (unpaired) electrons. The Morgan fingerprint density at radius 1 is 0.286 bits per heavy atom. The summed E-state index contributed by atoms with van der Waals surface area (Å²) in [5.41, 5.74) is 11.4. The molecule has 0 N–H and O–H groups in total. The van der Waals surface area contributed by atoms with Gasteiger partial charge in [0.2, 0.25) is 0 Å². The predicted octanol–water partition coefficient (Wildman–Crippen LogP) is 11.8. The van der Waals surface area contributed by atoms with Crippen LogP contribution in [0, 0.1) is 0 Å². The molecule has 4 heteroatoms. The van der Waals surface area contributed by atoms with Crippen LogP contribution < -0.4 is 0 Å². The number of hydrogen-bond donors (Lipinski definition) is 0. The van der Waals surface area contributed by atoms with Crippen molar-refractivity contribution in [1.29, 1.82) is 0 Å². The van der Waals surface area contributed by atoms with Gasteiger partial charge in [-0.2, -0.15) is 0 Å². The predicted molar refractivity (Wildman–Crippen MR) is 200 cm³/mol. The Kier molecular flexibility index (Phi) is 7.10. The summed E-state index contributed by atoms with van der Waals surface area (Å²) in [7, 11) is 0. The number of nitrogens with zero attached hydrogens (tertiary/aromatic N) is 3. The molecule has 7 aromatic carbocycles. The average molecular weight is 628 g/mol. The molecule has 9 rings (SSSR count). The maximum atomic E-state index is 6.35. The Balaban J connectivity index is 1.05. The lowest BCUT2D eigenvalue weighted by Gasteiger charge is -2.10. The third kappa shape index (κ3) is 5.45. The fourth-order valence-electron chi connectivity index (χ4n) is 6.42. The first kappa shape index (κ1) is 28.6. The highest BCUT2D eigenvalue weighted by Crippen LogP contribution is 2.36. The number of rotatable bonds is 6. The normalized spacial score (nSPS) is 11.3. The van der Waals surface area contributed by atoms with E-state index in [4.69, 9.17) is 19.4 Å². The van der Waals surface area contributed by atoms with E-state index in [-0.39, 0.29) is 0 Å². The molecule has 2 heterocycles. The molecule has 0 atom stereocenters. The molecule has 0 amide bonds. The van der Waals surface area contributed by atoms with E-state index in [1.54, 1.807) is 0 Å². The van der Waals surface area contributed by atoms with E-state index in [2.05, 4.69) is 109 Å². The topological polar surface area (TPSA) is 51.8 Å². The van der Waals surface area contributed by atoms with Crippen LogP contribution in [0.25, 0.3) is 89.5 Å². The third-order valence-corrected chi connectivity index (χ3v) is 9.00. The lowest BCUT2D eigenvalue weighted by Crippen LogP contribution is -2.00. The number of benzene rings is 7. The monoisotopic (exact) mass is 627 g/mol. The maximum Gasteiger partial charge on any atom is 0.167 e. The summed E-state index contributed by atoms with van der Waals surface area (Å²) >= 11 is 0. The van der Waals surface area contributed by atoms with Crippen molar-refractivity contribution in [3.05, 3.63) is 176 Å². The van der Waals surface area contributed by atoms with Crippen LogP contribution in [0.15, 0.2) is 180 Å². The SMILES string of the molecule is c1ccc(-c2ccc(-c3ccc(-c4ccc(-c5nc(-c6ccccc6)nc(-c6cccc7c6oc6ccccc67)n5)cc4)cc3)cc2)cc1. The van der Waals surface area contributed by atoms with Crippen molar-refractivity contribution >= 4 is 21.9 Å². The average Bonchev–Trinajstić information content (AvgIpc) is 3.58. The summed E-state index contributed by atoms with van der Waals surface area (Å²) in [6.45, 7) is 0. The minimum atomic E-state index is 0.574. The molecule has 230 valence electrons.